The molecule has 0 bridgehead atoms. The van der Waals surface area contributed by atoms with Crippen molar-refractivity contribution < 1.29 is 9.84 Å². The van der Waals surface area contributed by atoms with E-state index in [2.05, 4.69) is 56.3 Å². The number of aromatic amines is 1. The van der Waals surface area contributed by atoms with Crippen LogP contribution in [-0.2, 0) is 17.8 Å². The van der Waals surface area contributed by atoms with E-state index in [9.17, 15) is 9.90 Å². The Kier molecular flexibility index (Phi) is 6.62. The van der Waals surface area contributed by atoms with Gasteiger partial charge in [0.15, 0.2) is 0 Å². The molecule has 3 N–H and O–H groups in total. The smallest absolute Gasteiger partial charge is 0.293 e. The lowest BCUT2D eigenvalue weighted by atomic mass is 10.1. The normalized spacial score (nSPS) is 13.9. The van der Waals surface area contributed by atoms with E-state index in [1.165, 1.54) is 11.9 Å². The topological polar surface area (TPSA) is 90.5 Å². The van der Waals surface area contributed by atoms with Gasteiger partial charge in [-0.2, -0.15) is 0 Å². The number of anilines is 1. The van der Waals surface area contributed by atoms with Crippen LogP contribution in [0.25, 0.3) is 0 Å². The molecule has 4 rings (SSSR count). The number of morpholine rings is 1. The molecule has 1 aliphatic rings. The molecule has 7 nitrogen and oxygen atoms in total. The number of nitrogens with zero attached hydrogens (tertiary/aromatic N) is 2. The average molecular weight is 416 g/mol. The lowest BCUT2D eigenvalue weighted by molar-refractivity contribution is 0.0342. The van der Waals surface area contributed by atoms with Gasteiger partial charge in [-0.25, -0.2) is 4.98 Å². The van der Waals surface area contributed by atoms with Crippen molar-refractivity contribution in [2.45, 2.75) is 13.1 Å². The highest BCUT2D eigenvalue weighted by Gasteiger charge is 2.10. The summed E-state index contributed by atoms with van der Waals surface area (Å²) in [5.41, 5.74) is 3.75. The Morgan fingerprint density at radius 1 is 1.03 bits per heavy atom. The number of aromatic nitrogens is 2. The maximum atomic E-state index is 11.4. The minimum atomic E-state index is -0.549. The SMILES string of the molecule is O=c1[nH]cnc(CNc2ccc(C#Cc3ccc(CN4CCOCC4)cc3)cc2)c1O. The van der Waals surface area contributed by atoms with Crippen LogP contribution in [-0.4, -0.2) is 46.3 Å². The molecule has 3 aromatic rings. The summed E-state index contributed by atoms with van der Waals surface area (Å²) in [6.07, 6.45) is 1.27. The van der Waals surface area contributed by atoms with E-state index in [1.54, 1.807) is 0 Å². The highest BCUT2D eigenvalue weighted by Crippen LogP contribution is 2.13. The summed E-state index contributed by atoms with van der Waals surface area (Å²) in [4.78, 5) is 20.1. The minimum absolute atomic E-state index is 0.248. The monoisotopic (exact) mass is 416 g/mol. The summed E-state index contributed by atoms with van der Waals surface area (Å²) in [6, 6.07) is 16.0. The molecule has 1 aromatic heterocycles. The largest absolute Gasteiger partial charge is 0.502 e. The van der Waals surface area contributed by atoms with Crippen molar-refractivity contribution in [1.82, 2.24) is 14.9 Å². The van der Waals surface area contributed by atoms with E-state index in [4.69, 9.17) is 4.74 Å². The highest BCUT2D eigenvalue weighted by atomic mass is 16.5. The Hall–Kier alpha value is -3.60. The van der Waals surface area contributed by atoms with E-state index in [1.807, 2.05) is 24.3 Å². The molecular formula is C24H24N4O3. The third-order valence-electron chi connectivity index (χ3n) is 5.06. The van der Waals surface area contributed by atoms with Crippen molar-refractivity contribution in [2.75, 3.05) is 31.6 Å². The zero-order valence-electron chi connectivity index (χ0n) is 17.1. The lowest BCUT2D eigenvalue weighted by Gasteiger charge is -2.26. The Morgan fingerprint density at radius 2 is 1.68 bits per heavy atom. The third kappa shape index (κ3) is 5.72. The fourth-order valence-electron chi connectivity index (χ4n) is 3.27. The number of H-pyrrole nitrogens is 1. The minimum Gasteiger partial charge on any atom is -0.502 e. The van der Waals surface area contributed by atoms with Gasteiger partial charge in [0.05, 0.1) is 26.1 Å². The number of nitrogens with one attached hydrogen (secondary N) is 2. The van der Waals surface area contributed by atoms with Crippen LogP contribution in [0.4, 0.5) is 5.69 Å². The summed E-state index contributed by atoms with van der Waals surface area (Å²) < 4.78 is 5.39. The van der Waals surface area contributed by atoms with Crippen LogP contribution in [0.3, 0.4) is 0 Å². The third-order valence-corrected chi connectivity index (χ3v) is 5.06. The average Bonchev–Trinajstić information content (AvgIpc) is 2.81. The number of aromatic hydroxyl groups is 1. The van der Waals surface area contributed by atoms with Gasteiger partial charge in [0.2, 0.25) is 5.75 Å². The van der Waals surface area contributed by atoms with Crippen LogP contribution in [0.15, 0.2) is 59.7 Å². The number of hydrogen-bond donors (Lipinski definition) is 3. The van der Waals surface area contributed by atoms with Crippen molar-refractivity contribution in [3.8, 4) is 17.6 Å². The molecule has 7 heteroatoms. The summed E-state index contributed by atoms with van der Waals surface area (Å²) in [7, 11) is 0. The molecular weight excluding hydrogens is 392 g/mol. The molecule has 158 valence electrons. The first-order valence-electron chi connectivity index (χ1n) is 10.2. The van der Waals surface area contributed by atoms with Gasteiger partial charge in [-0.15, -0.1) is 0 Å². The zero-order chi connectivity index (χ0) is 21.5. The number of ether oxygens (including phenoxy) is 1. The Bertz CT molecular complexity index is 1120. The molecule has 0 radical (unpaired) electrons. The second kappa shape index (κ2) is 9.94. The molecule has 2 aromatic carbocycles. The maximum Gasteiger partial charge on any atom is 0.293 e. The lowest BCUT2D eigenvalue weighted by Crippen LogP contribution is -2.35. The molecule has 0 aliphatic carbocycles. The zero-order valence-corrected chi connectivity index (χ0v) is 17.1. The fourth-order valence-corrected chi connectivity index (χ4v) is 3.27. The van der Waals surface area contributed by atoms with Gasteiger partial charge in [0.1, 0.15) is 5.69 Å². The predicted octanol–water partition coefficient (Wildman–Crippen LogP) is 2.32. The molecule has 2 heterocycles. The van der Waals surface area contributed by atoms with Gasteiger partial charge in [-0.1, -0.05) is 24.0 Å². The summed E-state index contributed by atoms with van der Waals surface area (Å²) in [5.74, 6) is 6.01. The first-order chi connectivity index (χ1) is 15.2. The number of benzene rings is 2. The maximum absolute atomic E-state index is 11.4. The predicted molar refractivity (Wildman–Crippen MR) is 119 cm³/mol. The first kappa shape index (κ1) is 20.7. The second-order valence-corrected chi connectivity index (χ2v) is 7.29. The summed E-state index contributed by atoms with van der Waals surface area (Å²) in [5, 5.41) is 12.9. The summed E-state index contributed by atoms with van der Waals surface area (Å²) in [6.45, 7) is 4.77. The standard InChI is InChI=1S/C24H24N4O3/c29-23-22(26-17-27-24(23)30)15-25-21-9-7-19(8-10-21)2-1-18-3-5-20(6-4-18)16-28-11-13-31-14-12-28/h3-10,17,25,29H,11-16H2,(H,26,27,30). The van der Waals surface area contributed by atoms with Crippen molar-refractivity contribution in [2.24, 2.45) is 0 Å². The van der Waals surface area contributed by atoms with Crippen LogP contribution in [0, 0.1) is 11.8 Å². The van der Waals surface area contributed by atoms with E-state index < -0.39 is 5.56 Å². The van der Waals surface area contributed by atoms with Crippen LogP contribution in [0.2, 0.25) is 0 Å². The molecule has 0 amide bonds. The molecule has 0 unspecified atom stereocenters. The van der Waals surface area contributed by atoms with Crippen LogP contribution in [0.1, 0.15) is 22.4 Å². The molecule has 31 heavy (non-hydrogen) atoms. The highest BCUT2D eigenvalue weighted by molar-refractivity contribution is 5.50. The Labute approximate surface area is 180 Å². The van der Waals surface area contributed by atoms with Gasteiger partial charge in [0, 0.05) is 36.4 Å². The van der Waals surface area contributed by atoms with Crippen LogP contribution >= 0.6 is 0 Å². The molecule has 0 atom stereocenters. The van der Waals surface area contributed by atoms with E-state index >= 15 is 0 Å². The Balaban J connectivity index is 1.33. The van der Waals surface area contributed by atoms with Crippen molar-refractivity contribution in [1.29, 1.82) is 0 Å². The Morgan fingerprint density at radius 3 is 2.35 bits per heavy atom. The second-order valence-electron chi connectivity index (χ2n) is 7.29. The number of hydrogen-bond acceptors (Lipinski definition) is 6. The molecule has 1 aliphatic heterocycles. The van der Waals surface area contributed by atoms with Gasteiger partial charge >= 0.3 is 0 Å². The fraction of sp³-hybridized carbons (Fsp3) is 0.250. The van der Waals surface area contributed by atoms with E-state index in [-0.39, 0.29) is 12.3 Å². The van der Waals surface area contributed by atoms with Gasteiger partial charge in [-0.3, -0.25) is 9.69 Å². The van der Waals surface area contributed by atoms with Crippen LogP contribution in [0.5, 0.6) is 5.75 Å². The molecule has 0 spiro atoms. The van der Waals surface area contributed by atoms with E-state index in [0.717, 1.165) is 49.7 Å². The first-order valence-corrected chi connectivity index (χ1v) is 10.2. The van der Waals surface area contributed by atoms with Gasteiger partial charge in [-0.05, 0) is 42.0 Å². The van der Waals surface area contributed by atoms with Crippen LogP contribution < -0.4 is 10.9 Å². The number of rotatable bonds is 5. The van der Waals surface area contributed by atoms with Crippen molar-refractivity contribution in [3.05, 3.63) is 87.6 Å². The van der Waals surface area contributed by atoms with Gasteiger partial charge in [0.25, 0.3) is 5.56 Å². The molecule has 1 fully saturated rings. The summed E-state index contributed by atoms with van der Waals surface area (Å²) >= 11 is 0. The van der Waals surface area contributed by atoms with Crippen molar-refractivity contribution >= 4 is 5.69 Å². The molecule has 0 saturated carbocycles. The quantitative estimate of drug-likeness (QED) is 0.553. The molecule has 1 saturated heterocycles. The van der Waals surface area contributed by atoms with Gasteiger partial charge < -0.3 is 20.1 Å². The van der Waals surface area contributed by atoms with Crippen molar-refractivity contribution in [3.63, 3.8) is 0 Å². The van der Waals surface area contributed by atoms with E-state index in [0.29, 0.717) is 5.69 Å².